The van der Waals surface area contributed by atoms with Crippen LogP contribution in [0.15, 0.2) is 30.3 Å². The zero-order chi connectivity index (χ0) is 16.0. The van der Waals surface area contributed by atoms with Gasteiger partial charge in [-0.15, -0.1) is 12.4 Å². The predicted molar refractivity (Wildman–Crippen MR) is 97.1 cm³/mol. The highest BCUT2D eigenvalue weighted by atomic mass is 35.5. The average molecular weight is 340 g/mol. The quantitative estimate of drug-likeness (QED) is 0.733. The number of carboxylic acid groups (broad SMARTS) is 1. The molecule has 2 rings (SSSR count). The molecule has 3 atom stereocenters. The second-order valence-electron chi connectivity index (χ2n) is 7.34. The van der Waals surface area contributed by atoms with Crippen LogP contribution in [0.4, 0.5) is 0 Å². The van der Waals surface area contributed by atoms with Crippen molar-refractivity contribution in [2.45, 2.75) is 46.0 Å². The van der Waals surface area contributed by atoms with E-state index in [1.54, 1.807) is 0 Å². The highest BCUT2D eigenvalue weighted by molar-refractivity contribution is 5.85. The standard InChI is InChI=1S/C19H29NO2.ClH/c1-15-10-16(2)12-19(11-15,13-18(21)22)14-20-9-8-17-6-4-3-5-7-17;/h3-7,15-16,20H,8-14H2,1-2H3,(H,21,22);1H/t15-,16+,19-;. The molecule has 1 saturated carbocycles. The maximum atomic E-state index is 11.3. The summed E-state index contributed by atoms with van der Waals surface area (Å²) in [4.78, 5) is 11.3. The lowest BCUT2D eigenvalue weighted by Crippen LogP contribution is -2.42. The SMILES string of the molecule is C[C@@H]1C[C@H](C)C[C@@](CNCCc2ccccc2)(CC(=O)O)C1.Cl. The summed E-state index contributed by atoms with van der Waals surface area (Å²) < 4.78 is 0. The molecule has 1 aromatic rings. The summed E-state index contributed by atoms with van der Waals surface area (Å²) in [7, 11) is 0. The van der Waals surface area contributed by atoms with Crippen molar-refractivity contribution in [3.8, 4) is 0 Å². The van der Waals surface area contributed by atoms with Gasteiger partial charge in [-0.2, -0.15) is 0 Å². The van der Waals surface area contributed by atoms with E-state index in [-0.39, 0.29) is 17.8 Å². The van der Waals surface area contributed by atoms with Crippen molar-refractivity contribution in [2.24, 2.45) is 17.3 Å². The van der Waals surface area contributed by atoms with Crippen molar-refractivity contribution < 1.29 is 9.90 Å². The Morgan fingerprint density at radius 2 is 1.83 bits per heavy atom. The molecule has 1 aliphatic rings. The van der Waals surface area contributed by atoms with Crippen LogP contribution in [0, 0.1) is 17.3 Å². The number of aliphatic carboxylic acids is 1. The molecule has 4 heteroatoms. The van der Waals surface area contributed by atoms with E-state index in [1.165, 1.54) is 12.0 Å². The molecule has 0 radical (unpaired) electrons. The average Bonchev–Trinajstić information content (AvgIpc) is 2.43. The van der Waals surface area contributed by atoms with Crippen molar-refractivity contribution in [1.29, 1.82) is 0 Å². The van der Waals surface area contributed by atoms with Gasteiger partial charge in [0, 0.05) is 6.54 Å². The van der Waals surface area contributed by atoms with Gasteiger partial charge in [-0.3, -0.25) is 4.79 Å². The minimum Gasteiger partial charge on any atom is -0.481 e. The van der Waals surface area contributed by atoms with Crippen molar-refractivity contribution in [2.75, 3.05) is 13.1 Å². The van der Waals surface area contributed by atoms with E-state index in [0.29, 0.717) is 18.3 Å². The summed E-state index contributed by atoms with van der Waals surface area (Å²) in [5.41, 5.74) is 1.26. The van der Waals surface area contributed by atoms with Gasteiger partial charge in [0.15, 0.2) is 0 Å². The summed E-state index contributed by atoms with van der Waals surface area (Å²) >= 11 is 0. The van der Waals surface area contributed by atoms with E-state index in [1.807, 2.05) is 6.07 Å². The summed E-state index contributed by atoms with van der Waals surface area (Å²) in [6.07, 6.45) is 4.57. The van der Waals surface area contributed by atoms with Crippen molar-refractivity contribution >= 4 is 18.4 Å². The highest BCUT2D eigenvalue weighted by Crippen LogP contribution is 2.44. The van der Waals surface area contributed by atoms with Crippen LogP contribution in [0.3, 0.4) is 0 Å². The zero-order valence-corrected chi connectivity index (χ0v) is 15.1. The first-order chi connectivity index (χ1) is 10.5. The van der Waals surface area contributed by atoms with Gasteiger partial charge in [0.2, 0.25) is 0 Å². The van der Waals surface area contributed by atoms with Gasteiger partial charge in [-0.1, -0.05) is 44.2 Å². The van der Waals surface area contributed by atoms with Gasteiger partial charge in [0.05, 0.1) is 6.42 Å². The Morgan fingerprint density at radius 1 is 1.22 bits per heavy atom. The van der Waals surface area contributed by atoms with Gasteiger partial charge in [0.1, 0.15) is 0 Å². The Hall–Kier alpha value is -1.06. The normalized spacial score (nSPS) is 27.2. The molecule has 1 aromatic carbocycles. The number of hydrogen-bond acceptors (Lipinski definition) is 2. The molecule has 0 aliphatic heterocycles. The van der Waals surface area contributed by atoms with E-state index >= 15 is 0 Å². The molecule has 0 heterocycles. The first-order valence-corrected chi connectivity index (χ1v) is 8.45. The van der Waals surface area contributed by atoms with E-state index in [4.69, 9.17) is 0 Å². The number of carbonyl (C=O) groups is 1. The second-order valence-corrected chi connectivity index (χ2v) is 7.34. The summed E-state index contributed by atoms with van der Waals surface area (Å²) in [6, 6.07) is 10.4. The van der Waals surface area contributed by atoms with Crippen LogP contribution in [0.2, 0.25) is 0 Å². The number of hydrogen-bond donors (Lipinski definition) is 2. The lowest BCUT2D eigenvalue weighted by atomic mass is 9.64. The predicted octanol–water partition coefficient (Wildman–Crippen LogP) is 4.16. The molecule has 1 aliphatic carbocycles. The number of rotatable bonds is 7. The molecule has 3 nitrogen and oxygen atoms in total. The molecule has 0 spiro atoms. The van der Waals surface area contributed by atoms with Crippen LogP contribution < -0.4 is 5.32 Å². The monoisotopic (exact) mass is 339 g/mol. The third kappa shape index (κ3) is 6.52. The second kappa shape index (κ2) is 9.29. The van der Waals surface area contributed by atoms with Crippen LogP contribution in [-0.4, -0.2) is 24.2 Å². The third-order valence-electron chi connectivity index (χ3n) is 4.83. The van der Waals surface area contributed by atoms with Crippen LogP contribution >= 0.6 is 12.4 Å². The first kappa shape index (κ1) is 20.0. The zero-order valence-electron chi connectivity index (χ0n) is 14.3. The molecule has 1 fully saturated rings. The lowest BCUT2D eigenvalue weighted by molar-refractivity contribution is -0.140. The number of nitrogens with one attached hydrogen (secondary N) is 1. The van der Waals surface area contributed by atoms with E-state index in [2.05, 4.69) is 43.4 Å². The molecule has 0 bridgehead atoms. The van der Waals surface area contributed by atoms with Crippen molar-refractivity contribution in [3.05, 3.63) is 35.9 Å². The molecule has 0 amide bonds. The molecular formula is C19H30ClNO2. The van der Waals surface area contributed by atoms with Gasteiger partial charge in [-0.05, 0) is 55.0 Å². The fourth-order valence-electron chi connectivity index (χ4n) is 4.32. The fraction of sp³-hybridized carbons (Fsp3) is 0.632. The third-order valence-corrected chi connectivity index (χ3v) is 4.83. The minimum absolute atomic E-state index is 0. The Balaban J connectivity index is 0.00000264. The molecule has 0 aromatic heterocycles. The van der Waals surface area contributed by atoms with Crippen LogP contribution in [0.25, 0.3) is 0 Å². The molecule has 0 unspecified atom stereocenters. The molecule has 130 valence electrons. The Bertz CT molecular complexity index is 468. The van der Waals surface area contributed by atoms with Crippen LogP contribution in [-0.2, 0) is 11.2 Å². The van der Waals surface area contributed by atoms with Crippen LogP contribution in [0.5, 0.6) is 0 Å². The van der Waals surface area contributed by atoms with E-state index < -0.39 is 5.97 Å². The Labute approximate surface area is 146 Å². The van der Waals surface area contributed by atoms with Crippen molar-refractivity contribution in [1.82, 2.24) is 5.32 Å². The van der Waals surface area contributed by atoms with Gasteiger partial charge in [-0.25, -0.2) is 0 Å². The summed E-state index contributed by atoms with van der Waals surface area (Å²) in [5.74, 6) is 0.587. The number of carboxylic acids is 1. The highest BCUT2D eigenvalue weighted by Gasteiger charge is 2.39. The topological polar surface area (TPSA) is 49.3 Å². The molecular weight excluding hydrogens is 310 g/mol. The lowest BCUT2D eigenvalue weighted by Gasteiger charge is -2.42. The van der Waals surface area contributed by atoms with Gasteiger partial charge >= 0.3 is 5.97 Å². The van der Waals surface area contributed by atoms with E-state index in [9.17, 15) is 9.90 Å². The molecule has 23 heavy (non-hydrogen) atoms. The smallest absolute Gasteiger partial charge is 0.303 e. The maximum Gasteiger partial charge on any atom is 0.303 e. The Morgan fingerprint density at radius 3 is 2.39 bits per heavy atom. The fourth-order valence-corrected chi connectivity index (χ4v) is 4.32. The van der Waals surface area contributed by atoms with Crippen LogP contribution in [0.1, 0.15) is 45.1 Å². The first-order valence-electron chi connectivity index (χ1n) is 8.45. The van der Waals surface area contributed by atoms with Gasteiger partial charge in [0.25, 0.3) is 0 Å². The summed E-state index contributed by atoms with van der Waals surface area (Å²) in [5, 5.41) is 12.8. The Kier molecular flexibility index (Phi) is 8.07. The number of benzene rings is 1. The number of halogens is 1. The largest absolute Gasteiger partial charge is 0.481 e. The van der Waals surface area contributed by atoms with Gasteiger partial charge < -0.3 is 10.4 Å². The maximum absolute atomic E-state index is 11.3. The summed E-state index contributed by atoms with van der Waals surface area (Å²) in [6.45, 7) is 6.25. The van der Waals surface area contributed by atoms with Crippen molar-refractivity contribution in [3.63, 3.8) is 0 Å². The minimum atomic E-state index is -0.661. The molecule has 0 saturated heterocycles. The molecule has 2 N–H and O–H groups in total. The van der Waals surface area contributed by atoms with E-state index in [0.717, 1.165) is 32.4 Å².